The van der Waals surface area contributed by atoms with E-state index in [2.05, 4.69) is 20.1 Å². The van der Waals surface area contributed by atoms with Crippen molar-refractivity contribution >= 4 is 17.3 Å². The highest BCUT2D eigenvalue weighted by atomic mass is 16.5. The maximum absolute atomic E-state index is 13.0. The highest BCUT2D eigenvalue weighted by Crippen LogP contribution is 2.24. The minimum absolute atomic E-state index is 0.0282. The van der Waals surface area contributed by atoms with Gasteiger partial charge in [0.2, 0.25) is 0 Å². The van der Waals surface area contributed by atoms with Gasteiger partial charge >= 0.3 is 0 Å². The Balaban J connectivity index is 1.44. The molecule has 0 aromatic carbocycles. The average molecular weight is 363 g/mol. The molecule has 0 aliphatic carbocycles. The first kappa shape index (κ1) is 15.9. The van der Waals surface area contributed by atoms with Crippen molar-refractivity contribution in [3.8, 4) is 0 Å². The van der Waals surface area contributed by atoms with Gasteiger partial charge in [-0.1, -0.05) is 0 Å². The molecule has 9 heteroatoms. The van der Waals surface area contributed by atoms with E-state index in [9.17, 15) is 4.79 Å². The number of aryl methyl sites for hydroxylation is 1. The molecule has 4 aromatic rings. The molecule has 136 valence electrons. The molecule has 1 saturated heterocycles. The van der Waals surface area contributed by atoms with Crippen LogP contribution in [0.1, 0.15) is 27.8 Å². The summed E-state index contributed by atoms with van der Waals surface area (Å²) in [7, 11) is 0. The summed E-state index contributed by atoms with van der Waals surface area (Å²) in [6.45, 7) is 3.35. The fourth-order valence-corrected chi connectivity index (χ4v) is 3.43. The molecule has 0 radical (unpaired) electrons. The zero-order valence-electron chi connectivity index (χ0n) is 14.7. The van der Waals surface area contributed by atoms with Crippen LogP contribution < -0.4 is 0 Å². The van der Waals surface area contributed by atoms with Crippen LogP contribution in [0.3, 0.4) is 0 Å². The molecule has 0 spiro atoms. The second-order valence-corrected chi connectivity index (χ2v) is 6.52. The first-order valence-corrected chi connectivity index (χ1v) is 8.70. The van der Waals surface area contributed by atoms with Crippen molar-refractivity contribution < 1.29 is 9.53 Å². The number of rotatable bonds is 2. The molecule has 9 nitrogen and oxygen atoms in total. The van der Waals surface area contributed by atoms with Crippen LogP contribution in [0.15, 0.2) is 43.1 Å². The van der Waals surface area contributed by atoms with Gasteiger partial charge in [-0.05, 0) is 25.1 Å². The predicted molar refractivity (Wildman–Crippen MR) is 95.3 cm³/mol. The molecular weight excluding hydrogens is 346 g/mol. The number of nitrogens with zero attached hydrogens (tertiary/aromatic N) is 7. The van der Waals surface area contributed by atoms with Crippen LogP contribution in [0.5, 0.6) is 0 Å². The molecule has 1 amide bonds. The summed E-state index contributed by atoms with van der Waals surface area (Å²) in [6, 6.07) is 5.58. The zero-order valence-corrected chi connectivity index (χ0v) is 14.7. The van der Waals surface area contributed by atoms with E-state index in [1.165, 1.54) is 6.33 Å². The number of ether oxygens (including phenoxy) is 1. The van der Waals surface area contributed by atoms with Crippen molar-refractivity contribution in [3.05, 3.63) is 60.1 Å². The molecule has 0 bridgehead atoms. The Morgan fingerprint density at radius 2 is 2.22 bits per heavy atom. The van der Waals surface area contributed by atoms with E-state index < -0.39 is 0 Å². The van der Waals surface area contributed by atoms with E-state index >= 15 is 0 Å². The Labute approximate surface area is 154 Å². The van der Waals surface area contributed by atoms with Crippen LogP contribution in [-0.2, 0) is 4.74 Å². The summed E-state index contributed by atoms with van der Waals surface area (Å²) in [5.74, 6) is 0.502. The second kappa shape index (κ2) is 6.13. The fourth-order valence-electron chi connectivity index (χ4n) is 3.43. The normalized spacial score (nSPS) is 17.7. The lowest BCUT2D eigenvalue weighted by Gasteiger charge is -2.33. The number of hydrogen-bond donors (Lipinski definition) is 0. The van der Waals surface area contributed by atoms with Crippen molar-refractivity contribution in [1.29, 1.82) is 0 Å². The maximum Gasteiger partial charge on any atom is 0.255 e. The summed E-state index contributed by atoms with van der Waals surface area (Å²) >= 11 is 0. The van der Waals surface area contributed by atoms with Gasteiger partial charge < -0.3 is 14.0 Å². The molecule has 27 heavy (non-hydrogen) atoms. The number of amides is 1. The van der Waals surface area contributed by atoms with E-state index in [1.807, 2.05) is 34.6 Å². The van der Waals surface area contributed by atoms with E-state index in [1.54, 1.807) is 23.0 Å². The van der Waals surface area contributed by atoms with E-state index in [0.717, 1.165) is 17.0 Å². The second-order valence-electron chi connectivity index (χ2n) is 6.52. The smallest absolute Gasteiger partial charge is 0.255 e. The standard InChI is InChI=1S/C18H17N7O2/c1-12-8-14(25-18(22-12)20-11-21-25)15-10-24(6-7-27-15)17(26)13-2-3-16-19-4-5-23(16)9-13/h2-5,8-9,11,15H,6-7,10H2,1H3. The zero-order chi connectivity index (χ0) is 18.4. The summed E-state index contributed by atoms with van der Waals surface area (Å²) in [4.78, 5) is 27.6. The molecule has 0 N–H and O–H groups in total. The summed E-state index contributed by atoms with van der Waals surface area (Å²) < 4.78 is 9.46. The van der Waals surface area contributed by atoms with Crippen molar-refractivity contribution in [2.45, 2.75) is 13.0 Å². The van der Waals surface area contributed by atoms with E-state index in [-0.39, 0.29) is 12.0 Å². The lowest BCUT2D eigenvalue weighted by Crippen LogP contribution is -2.42. The van der Waals surface area contributed by atoms with Gasteiger partial charge in [-0.2, -0.15) is 14.6 Å². The van der Waals surface area contributed by atoms with Crippen molar-refractivity contribution in [1.82, 2.24) is 33.9 Å². The highest BCUT2D eigenvalue weighted by molar-refractivity contribution is 5.94. The molecule has 1 aliphatic rings. The number of hydrogen-bond acceptors (Lipinski definition) is 6. The number of fused-ring (bicyclic) bond motifs is 2. The summed E-state index contributed by atoms with van der Waals surface area (Å²) in [5, 5.41) is 4.24. The monoisotopic (exact) mass is 363 g/mol. The van der Waals surface area contributed by atoms with Gasteiger partial charge in [0.1, 0.15) is 18.1 Å². The van der Waals surface area contributed by atoms with Gasteiger partial charge in [0.15, 0.2) is 0 Å². The molecule has 1 unspecified atom stereocenters. The van der Waals surface area contributed by atoms with Crippen LogP contribution >= 0.6 is 0 Å². The predicted octanol–water partition coefficient (Wildman–Crippen LogP) is 1.29. The van der Waals surface area contributed by atoms with Gasteiger partial charge in [-0.3, -0.25) is 4.79 Å². The Hall–Kier alpha value is -3.33. The average Bonchev–Trinajstić information content (AvgIpc) is 3.35. The number of imidazole rings is 1. The minimum Gasteiger partial charge on any atom is -0.368 e. The topological polar surface area (TPSA) is 89.9 Å². The Bertz CT molecular complexity index is 1150. The quantitative estimate of drug-likeness (QED) is 0.533. The largest absolute Gasteiger partial charge is 0.368 e. The summed E-state index contributed by atoms with van der Waals surface area (Å²) in [6.07, 6.45) is 6.53. The molecule has 1 aliphatic heterocycles. The Morgan fingerprint density at radius 1 is 1.30 bits per heavy atom. The molecule has 1 atom stereocenters. The van der Waals surface area contributed by atoms with Crippen LogP contribution in [-0.4, -0.2) is 59.5 Å². The lowest BCUT2D eigenvalue weighted by atomic mass is 10.1. The van der Waals surface area contributed by atoms with Crippen LogP contribution in [0.4, 0.5) is 0 Å². The fraction of sp³-hybridized carbons (Fsp3) is 0.278. The molecular formula is C18H17N7O2. The van der Waals surface area contributed by atoms with Gasteiger partial charge in [-0.15, -0.1) is 0 Å². The Morgan fingerprint density at radius 3 is 3.15 bits per heavy atom. The third-order valence-electron chi connectivity index (χ3n) is 4.73. The Kier molecular flexibility index (Phi) is 3.61. The molecule has 5 rings (SSSR count). The third-order valence-corrected chi connectivity index (χ3v) is 4.73. The van der Waals surface area contributed by atoms with Crippen LogP contribution in [0.25, 0.3) is 11.4 Å². The molecule has 4 aromatic heterocycles. The highest BCUT2D eigenvalue weighted by Gasteiger charge is 2.28. The minimum atomic E-state index is -0.287. The van der Waals surface area contributed by atoms with Crippen molar-refractivity contribution in [3.63, 3.8) is 0 Å². The van der Waals surface area contributed by atoms with Gasteiger partial charge in [0.25, 0.3) is 11.7 Å². The number of pyridine rings is 1. The van der Waals surface area contributed by atoms with Crippen molar-refractivity contribution in [2.24, 2.45) is 0 Å². The van der Waals surface area contributed by atoms with Gasteiger partial charge in [0.05, 0.1) is 24.4 Å². The molecule has 0 saturated carbocycles. The van der Waals surface area contributed by atoms with Crippen molar-refractivity contribution in [2.75, 3.05) is 19.7 Å². The van der Waals surface area contributed by atoms with Crippen LogP contribution in [0.2, 0.25) is 0 Å². The third kappa shape index (κ3) is 2.72. The van der Waals surface area contributed by atoms with Gasteiger partial charge in [-0.25, -0.2) is 9.97 Å². The van der Waals surface area contributed by atoms with E-state index in [4.69, 9.17) is 4.74 Å². The number of carbonyl (C=O) groups excluding carboxylic acids is 1. The van der Waals surface area contributed by atoms with Gasteiger partial charge in [0, 0.05) is 30.8 Å². The first-order valence-electron chi connectivity index (χ1n) is 8.70. The number of carbonyl (C=O) groups is 1. The maximum atomic E-state index is 13.0. The SMILES string of the molecule is Cc1cc(C2CN(C(=O)c3ccc4nccn4c3)CCO2)n2ncnc2n1. The van der Waals surface area contributed by atoms with E-state index in [0.29, 0.717) is 31.0 Å². The number of morpholine rings is 1. The van der Waals surface area contributed by atoms with Crippen LogP contribution in [0, 0.1) is 6.92 Å². The first-order chi connectivity index (χ1) is 13.2. The number of aromatic nitrogens is 6. The summed E-state index contributed by atoms with van der Waals surface area (Å²) in [5.41, 5.74) is 3.12. The lowest BCUT2D eigenvalue weighted by molar-refractivity contribution is -0.0257. The molecule has 5 heterocycles. The molecule has 1 fully saturated rings.